The zero-order chi connectivity index (χ0) is 11.7. The molecule has 0 unspecified atom stereocenters. The average molecular weight is 230 g/mol. The Labute approximate surface area is 104 Å². The van der Waals surface area contributed by atoms with Crippen LogP contribution in [-0.2, 0) is 6.42 Å². The predicted octanol–water partition coefficient (Wildman–Crippen LogP) is 2.99. The van der Waals surface area contributed by atoms with Gasteiger partial charge in [-0.2, -0.15) is 0 Å². The van der Waals surface area contributed by atoms with Gasteiger partial charge in [-0.25, -0.2) is 0 Å². The number of rotatable bonds is 2. The highest BCUT2D eigenvalue weighted by molar-refractivity contribution is 5.29. The molecule has 0 amide bonds. The number of aryl methyl sites for hydroxylation is 1. The van der Waals surface area contributed by atoms with E-state index >= 15 is 0 Å². The molecule has 0 spiro atoms. The van der Waals surface area contributed by atoms with Gasteiger partial charge in [0.1, 0.15) is 0 Å². The molecule has 2 heterocycles. The lowest BCUT2D eigenvalue weighted by molar-refractivity contribution is 0.112. The van der Waals surface area contributed by atoms with E-state index in [1.807, 2.05) is 6.20 Å². The normalized spacial score (nSPS) is 28.5. The van der Waals surface area contributed by atoms with Crippen LogP contribution in [0, 0.1) is 0 Å². The first kappa shape index (κ1) is 11.2. The molecule has 0 radical (unpaired) electrons. The lowest BCUT2D eigenvalue weighted by Gasteiger charge is -2.44. The molecule has 0 N–H and O–H groups in total. The van der Waals surface area contributed by atoms with E-state index in [1.165, 1.54) is 50.9 Å². The third-order valence-corrected chi connectivity index (χ3v) is 4.41. The maximum absolute atomic E-state index is 4.56. The SMILES string of the molecule is CCCN1CCC[C@H]2c3cccnc3CC[C@H]21. The quantitative estimate of drug-likeness (QED) is 0.776. The summed E-state index contributed by atoms with van der Waals surface area (Å²) in [6, 6.07) is 5.22. The van der Waals surface area contributed by atoms with Gasteiger partial charge < -0.3 is 0 Å². The summed E-state index contributed by atoms with van der Waals surface area (Å²) in [5, 5.41) is 0. The van der Waals surface area contributed by atoms with Crippen LogP contribution >= 0.6 is 0 Å². The zero-order valence-corrected chi connectivity index (χ0v) is 10.7. The maximum atomic E-state index is 4.56. The fourth-order valence-corrected chi connectivity index (χ4v) is 3.72. The predicted molar refractivity (Wildman–Crippen MR) is 70.2 cm³/mol. The Hall–Kier alpha value is -0.890. The van der Waals surface area contributed by atoms with Crippen molar-refractivity contribution in [1.29, 1.82) is 0 Å². The second-order valence-electron chi connectivity index (χ2n) is 5.43. The summed E-state index contributed by atoms with van der Waals surface area (Å²) in [7, 11) is 0. The average Bonchev–Trinajstić information content (AvgIpc) is 2.39. The van der Waals surface area contributed by atoms with Gasteiger partial charge in [0.05, 0.1) is 0 Å². The standard InChI is InChI=1S/C15H22N2/c1-2-10-17-11-4-6-13-12-5-3-9-16-14(12)7-8-15(13)17/h3,5,9,13,15H,2,4,6-8,10-11H2,1H3/t13-,15+/m0/s1. The van der Waals surface area contributed by atoms with Gasteiger partial charge in [0, 0.05) is 23.9 Å². The fraction of sp³-hybridized carbons (Fsp3) is 0.667. The number of aromatic nitrogens is 1. The largest absolute Gasteiger partial charge is 0.300 e. The lowest BCUT2D eigenvalue weighted by atomic mass is 9.76. The number of hydrogen-bond acceptors (Lipinski definition) is 2. The Bertz CT molecular complexity index is 386. The molecule has 1 saturated heterocycles. The van der Waals surface area contributed by atoms with Crippen LogP contribution in [0.15, 0.2) is 18.3 Å². The minimum atomic E-state index is 0.757. The molecule has 2 nitrogen and oxygen atoms in total. The minimum Gasteiger partial charge on any atom is -0.300 e. The summed E-state index contributed by atoms with van der Waals surface area (Å²) in [5.41, 5.74) is 2.91. The molecule has 17 heavy (non-hydrogen) atoms. The molecule has 0 aromatic carbocycles. The summed E-state index contributed by atoms with van der Waals surface area (Å²) >= 11 is 0. The Kier molecular flexibility index (Phi) is 3.15. The van der Waals surface area contributed by atoms with Crippen LogP contribution < -0.4 is 0 Å². The highest BCUT2D eigenvalue weighted by atomic mass is 15.2. The molecule has 1 aliphatic carbocycles. The van der Waals surface area contributed by atoms with Crippen molar-refractivity contribution in [1.82, 2.24) is 9.88 Å². The van der Waals surface area contributed by atoms with Crippen LogP contribution in [0.3, 0.4) is 0 Å². The van der Waals surface area contributed by atoms with E-state index in [0.717, 1.165) is 12.0 Å². The number of hydrogen-bond donors (Lipinski definition) is 0. The summed E-state index contributed by atoms with van der Waals surface area (Å²) in [5.74, 6) is 0.757. The van der Waals surface area contributed by atoms with E-state index in [2.05, 4.69) is 28.9 Å². The van der Waals surface area contributed by atoms with E-state index in [1.54, 1.807) is 5.56 Å². The van der Waals surface area contributed by atoms with E-state index in [4.69, 9.17) is 0 Å². The fourth-order valence-electron chi connectivity index (χ4n) is 3.72. The molecule has 2 heteroatoms. The number of likely N-dealkylation sites (tertiary alicyclic amines) is 1. The maximum Gasteiger partial charge on any atom is 0.0439 e. The van der Waals surface area contributed by atoms with Crippen LogP contribution in [0.5, 0.6) is 0 Å². The topological polar surface area (TPSA) is 16.1 Å². The number of nitrogens with zero attached hydrogens (tertiary/aromatic N) is 2. The van der Waals surface area contributed by atoms with Crippen molar-refractivity contribution < 1.29 is 0 Å². The van der Waals surface area contributed by atoms with Crippen molar-refractivity contribution in [2.45, 2.75) is 51.0 Å². The molecule has 1 aromatic rings. The molecule has 1 fully saturated rings. The van der Waals surface area contributed by atoms with E-state index in [0.29, 0.717) is 0 Å². The molecule has 0 bridgehead atoms. The molecule has 2 aliphatic rings. The molecule has 2 atom stereocenters. The molecule has 1 aromatic heterocycles. The van der Waals surface area contributed by atoms with Gasteiger partial charge in [-0.1, -0.05) is 13.0 Å². The Morgan fingerprint density at radius 3 is 3.24 bits per heavy atom. The van der Waals surface area contributed by atoms with Crippen LogP contribution in [0.1, 0.15) is 49.8 Å². The summed E-state index contributed by atoms with van der Waals surface area (Å²) in [4.78, 5) is 7.29. The van der Waals surface area contributed by atoms with Crippen LogP contribution in [0.2, 0.25) is 0 Å². The highest BCUT2D eigenvalue weighted by Crippen LogP contribution is 2.39. The van der Waals surface area contributed by atoms with Crippen molar-refractivity contribution in [2.24, 2.45) is 0 Å². The number of piperidine rings is 1. The third kappa shape index (κ3) is 1.99. The monoisotopic (exact) mass is 230 g/mol. The van der Waals surface area contributed by atoms with Crippen molar-refractivity contribution >= 4 is 0 Å². The number of fused-ring (bicyclic) bond motifs is 3. The van der Waals surface area contributed by atoms with E-state index < -0.39 is 0 Å². The first-order valence-corrected chi connectivity index (χ1v) is 7.08. The van der Waals surface area contributed by atoms with Gasteiger partial charge in [-0.05, 0) is 56.8 Å². The highest BCUT2D eigenvalue weighted by Gasteiger charge is 2.35. The van der Waals surface area contributed by atoms with Crippen molar-refractivity contribution in [3.63, 3.8) is 0 Å². The smallest absolute Gasteiger partial charge is 0.0439 e. The van der Waals surface area contributed by atoms with Gasteiger partial charge in [-0.3, -0.25) is 9.88 Å². The van der Waals surface area contributed by atoms with Gasteiger partial charge in [0.2, 0.25) is 0 Å². The second-order valence-corrected chi connectivity index (χ2v) is 5.43. The molecular weight excluding hydrogens is 208 g/mol. The van der Waals surface area contributed by atoms with Crippen molar-refractivity contribution in [3.8, 4) is 0 Å². The molecule has 0 saturated carbocycles. The second kappa shape index (κ2) is 4.77. The van der Waals surface area contributed by atoms with Crippen molar-refractivity contribution in [2.75, 3.05) is 13.1 Å². The summed E-state index contributed by atoms with van der Waals surface area (Å²) in [6.45, 7) is 4.88. The molecule has 92 valence electrons. The van der Waals surface area contributed by atoms with Crippen molar-refractivity contribution in [3.05, 3.63) is 29.6 Å². The van der Waals surface area contributed by atoms with Crippen LogP contribution in [0.25, 0.3) is 0 Å². The zero-order valence-electron chi connectivity index (χ0n) is 10.7. The summed E-state index contributed by atoms with van der Waals surface area (Å²) < 4.78 is 0. The summed E-state index contributed by atoms with van der Waals surface area (Å²) in [6.07, 6.45) is 8.44. The van der Waals surface area contributed by atoms with E-state index in [-0.39, 0.29) is 0 Å². The minimum absolute atomic E-state index is 0.757. The Morgan fingerprint density at radius 1 is 1.41 bits per heavy atom. The lowest BCUT2D eigenvalue weighted by Crippen LogP contribution is -2.46. The van der Waals surface area contributed by atoms with Gasteiger partial charge >= 0.3 is 0 Å². The first-order chi connectivity index (χ1) is 8.40. The number of pyridine rings is 1. The van der Waals surface area contributed by atoms with Crippen LogP contribution in [-0.4, -0.2) is 29.0 Å². The van der Waals surface area contributed by atoms with Gasteiger partial charge in [0.25, 0.3) is 0 Å². The third-order valence-electron chi connectivity index (χ3n) is 4.41. The molecule has 3 rings (SSSR count). The Morgan fingerprint density at radius 2 is 2.35 bits per heavy atom. The van der Waals surface area contributed by atoms with Gasteiger partial charge in [0.15, 0.2) is 0 Å². The molecule has 1 aliphatic heterocycles. The van der Waals surface area contributed by atoms with Gasteiger partial charge in [-0.15, -0.1) is 0 Å². The first-order valence-electron chi connectivity index (χ1n) is 7.08. The van der Waals surface area contributed by atoms with Crippen LogP contribution in [0.4, 0.5) is 0 Å². The van der Waals surface area contributed by atoms with E-state index in [9.17, 15) is 0 Å². The Balaban J connectivity index is 1.88. The molecular formula is C15H22N2.